The van der Waals surface area contributed by atoms with Gasteiger partial charge in [-0.2, -0.15) is 0 Å². The fourth-order valence-electron chi connectivity index (χ4n) is 1.66. The molecular weight excluding hydrogens is 309 g/mol. The Morgan fingerprint density at radius 2 is 2.36 bits per heavy atom. The van der Waals surface area contributed by atoms with Gasteiger partial charge in [-0.25, -0.2) is 4.98 Å². The van der Waals surface area contributed by atoms with E-state index in [0.29, 0.717) is 0 Å². The number of aliphatic hydroxyl groups excluding tert-OH is 1. The SMILES string of the molecule is OC(C1=CCCCC1)c1ncc(I)s1. The van der Waals surface area contributed by atoms with Crippen LogP contribution in [0.25, 0.3) is 0 Å². The lowest BCUT2D eigenvalue weighted by molar-refractivity contribution is 0.208. The van der Waals surface area contributed by atoms with Gasteiger partial charge in [-0.05, 0) is 53.8 Å². The number of thiazole rings is 1. The van der Waals surface area contributed by atoms with E-state index in [1.165, 1.54) is 12.8 Å². The van der Waals surface area contributed by atoms with Crippen LogP contribution in [-0.2, 0) is 0 Å². The number of halogens is 1. The van der Waals surface area contributed by atoms with Crippen molar-refractivity contribution < 1.29 is 5.11 Å². The lowest BCUT2D eigenvalue weighted by atomic mass is 9.96. The Kier molecular flexibility index (Phi) is 3.57. The van der Waals surface area contributed by atoms with E-state index < -0.39 is 6.10 Å². The molecule has 1 aromatic heterocycles. The standard InChI is InChI=1S/C10H12INOS/c11-8-6-12-10(14-8)9(13)7-4-2-1-3-5-7/h4,6,9,13H,1-3,5H2. The third-order valence-electron chi connectivity index (χ3n) is 2.41. The smallest absolute Gasteiger partial charge is 0.127 e. The second-order valence-corrected chi connectivity index (χ2v) is 6.39. The zero-order valence-corrected chi connectivity index (χ0v) is 10.7. The Hall–Kier alpha value is 0.0600. The van der Waals surface area contributed by atoms with Crippen LogP contribution in [0.15, 0.2) is 17.8 Å². The van der Waals surface area contributed by atoms with E-state index in [0.717, 1.165) is 26.3 Å². The number of allylic oxidation sites excluding steroid dienone is 1. The highest BCUT2D eigenvalue weighted by atomic mass is 127. The summed E-state index contributed by atoms with van der Waals surface area (Å²) in [4.78, 5) is 4.21. The summed E-state index contributed by atoms with van der Waals surface area (Å²) in [6.07, 6.45) is 8.11. The van der Waals surface area contributed by atoms with Gasteiger partial charge >= 0.3 is 0 Å². The zero-order valence-electron chi connectivity index (χ0n) is 7.74. The Bertz CT molecular complexity index is 348. The van der Waals surface area contributed by atoms with Gasteiger partial charge in [0.2, 0.25) is 0 Å². The van der Waals surface area contributed by atoms with Crippen molar-refractivity contribution in [2.24, 2.45) is 0 Å². The Morgan fingerprint density at radius 1 is 1.50 bits per heavy atom. The molecular formula is C10H12INOS. The fraction of sp³-hybridized carbons (Fsp3) is 0.500. The monoisotopic (exact) mass is 321 g/mol. The topological polar surface area (TPSA) is 33.1 Å². The molecule has 1 aliphatic carbocycles. The van der Waals surface area contributed by atoms with Gasteiger partial charge in [0, 0.05) is 0 Å². The normalized spacial score (nSPS) is 19.1. The van der Waals surface area contributed by atoms with Crippen LogP contribution in [0.2, 0.25) is 0 Å². The molecule has 1 unspecified atom stereocenters. The van der Waals surface area contributed by atoms with E-state index in [4.69, 9.17) is 0 Å². The first-order valence-corrected chi connectivity index (χ1v) is 6.65. The highest BCUT2D eigenvalue weighted by Gasteiger charge is 2.18. The van der Waals surface area contributed by atoms with E-state index in [-0.39, 0.29) is 0 Å². The summed E-state index contributed by atoms with van der Waals surface area (Å²) in [5.74, 6) is 0. The summed E-state index contributed by atoms with van der Waals surface area (Å²) >= 11 is 3.80. The Morgan fingerprint density at radius 3 is 2.93 bits per heavy atom. The van der Waals surface area contributed by atoms with Crippen molar-refractivity contribution in [3.05, 3.63) is 25.7 Å². The molecule has 76 valence electrons. The third-order valence-corrected chi connectivity index (χ3v) is 4.18. The quantitative estimate of drug-likeness (QED) is 0.670. The summed E-state index contributed by atoms with van der Waals surface area (Å²) in [5, 5.41) is 10.9. The molecule has 1 atom stereocenters. The number of aromatic nitrogens is 1. The minimum absolute atomic E-state index is 0.455. The molecule has 0 aromatic carbocycles. The van der Waals surface area contributed by atoms with Gasteiger partial charge in [-0.1, -0.05) is 6.08 Å². The molecule has 1 aliphatic rings. The second-order valence-electron chi connectivity index (χ2n) is 3.43. The maximum absolute atomic E-state index is 10.0. The van der Waals surface area contributed by atoms with Gasteiger partial charge < -0.3 is 5.11 Å². The third kappa shape index (κ3) is 2.35. The van der Waals surface area contributed by atoms with E-state index in [1.807, 2.05) is 6.20 Å². The van der Waals surface area contributed by atoms with E-state index >= 15 is 0 Å². The van der Waals surface area contributed by atoms with Gasteiger partial charge in [0.15, 0.2) is 0 Å². The first-order chi connectivity index (χ1) is 6.77. The highest BCUT2D eigenvalue weighted by molar-refractivity contribution is 14.1. The molecule has 1 N–H and O–H groups in total. The first-order valence-electron chi connectivity index (χ1n) is 4.75. The average molecular weight is 321 g/mol. The molecule has 1 heterocycles. The predicted molar refractivity (Wildman–Crippen MR) is 66.3 cm³/mol. The van der Waals surface area contributed by atoms with Crippen LogP contribution >= 0.6 is 33.9 Å². The van der Waals surface area contributed by atoms with Crippen LogP contribution in [0.4, 0.5) is 0 Å². The van der Waals surface area contributed by atoms with Crippen LogP contribution in [0.3, 0.4) is 0 Å². The van der Waals surface area contributed by atoms with Crippen LogP contribution in [-0.4, -0.2) is 10.1 Å². The number of hydrogen-bond donors (Lipinski definition) is 1. The van der Waals surface area contributed by atoms with E-state index in [2.05, 4.69) is 33.7 Å². The van der Waals surface area contributed by atoms with Crippen molar-refractivity contribution in [1.82, 2.24) is 4.98 Å². The van der Waals surface area contributed by atoms with Crippen molar-refractivity contribution >= 4 is 33.9 Å². The molecule has 0 fully saturated rings. The number of aliphatic hydroxyl groups is 1. The summed E-state index contributed by atoms with van der Waals surface area (Å²) in [6.45, 7) is 0. The maximum Gasteiger partial charge on any atom is 0.127 e. The molecule has 4 heteroatoms. The lowest BCUT2D eigenvalue weighted by Gasteiger charge is -2.16. The minimum atomic E-state index is -0.455. The van der Waals surface area contributed by atoms with Crippen molar-refractivity contribution in [3.63, 3.8) is 0 Å². The maximum atomic E-state index is 10.0. The number of rotatable bonds is 2. The summed E-state index contributed by atoms with van der Waals surface area (Å²) in [5.41, 5.74) is 1.15. The molecule has 0 saturated heterocycles. The molecule has 0 spiro atoms. The van der Waals surface area contributed by atoms with Crippen LogP contribution in [0, 0.1) is 2.88 Å². The molecule has 1 aromatic rings. The van der Waals surface area contributed by atoms with Crippen molar-refractivity contribution in [2.75, 3.05) is 0 Å². The van der Waals surface area contributed by atoms with Crippen molar-refractivity contribution in [2.45, 2.75) is 31.8 Å². The molecule has 2 rings (SSSR count). The summed E-state index contributed by atoms with van der Waals surface area (Å²) in [7, 11) is 0. The molecule has 0 radical (unpaired) electrons. The molecule has 0 saturated carbocycles. The lowest BCUT2D eigenvalue weighted by Crippen LogP contribution is -2.04. The van der Waals surface area contributed by atoms with E-state index in [9.17, 15) is 5.11 Å². The molecule has 0 amide bonds. The summed E-state index contributed by atoms with van der Waals surface area (Å²) in [6, 6.07) is 0. The molecule has 0 bridgehead atoms. The van der Waals surface area contributed by atoms with Gasteiger partial charge in [0.1, 0.15) is 11.1 Å². The first kappa shape index (κ1) is 10.6. The van der Waals surface area contributed by atoms with Crippen molar-refractivity contribution in [3.8, 4) is 0 Å². The zero-order chi connectivity index (χ0) is 9.97. The van der Waals surface area contributed by atoms with Gasteiger partial charge in [0.25, 0.3) is 0 Å². The molecule has 0 aliphatic heterocycles. The average Bonchev–Trinajstić information content (AvgIpc) is 2.65. The second kappa shape index (κ2) is 4.72. The number of hydrogen-bond acceptors (Lipinski definition) is 3. The van der Waals surface area contributed by atoms with Crippen molar-refractivity contribution in [1.29, 1.82) is 0 Å². The van der Waals surface area contributed by atoms with Crippen LogP contribution < -0.4 is 0 Å². The van der Waals surface area contributed by atoms with Crippen LogP contribution in [0.1, 0.15) is 36.8 Å². The molecule has 2 nitrogen and oxygen atoms in total. The Balaban J connectivity index is 2.14. The largest absolute Gasteiger partial charge is 0.381 e. The number of nitrogens with zero attached hydrogens (tertiary/aromatic N) is 1. The van der Waals surface area contributed by atoms with Gasteiger partial charge in [-0.3, -0.25) is 0 Å². The summed E-state index contributed by atoms with van der Waals surface area (Å²) < 4.78 is 1.13. The minimum Gasteiger partial charge on any atom is -0.381 e. The highest BCUT2D eigenvalue weighted by Crippen LogP contribution is 2.31. The van der Waals surface area contributed by atoms with E-state index in [1.54, 1.807) is 11.3 Å². The van der Waals surface area contributed by atoms with Gasteiger partial charge in [0.05, 0.1) is 9.08 Å². The van der Waals surface area contributed by atoms with Crippen LogP contribution in [0.5, 0.6) is 0 Å². The fourth-order valence-corrected chi connectivity index (χ4v) is 3.15. The molecule has 14 heavy (non-hydrogen) atoms. The Labute approximate surface area is 101 Å². The predicted octanol–water partition coefficient (Wildman–Crippen LogP) is 3.28. The van der Waals surface area contributed by atoms with Gasteiger partial charge in [-0.15, -0.1) is 11.3 Å².